The summed E-state index contributed by atoms with van der Waals surface area (Å²) < 4.78 is 0. The topological polar surface area (TPSA) is 66.5 Å². The maximum Gasteiger partial charge on any atom is 0.331 e. The van der Waals surface area contributed by atoms with Gasteiger partial charge < -0.3 is 0 Å². The highest BCUT2D eigenvalue weighted by Crippen LogP contribution is 2.21. The number of barbiturate groups is 1. The summed E-state index contributed by atoms with van der Waals surface area (Å²) in [6.45, 7) is 5.22. The van der Waals surface area contributed by atoms with Gasteiger partial charge in [0, 0.05) is 12.5 Å². The number of amides is 4. The van der Waals surface area contributed by atoms with Crippen LogP contribution in [0.2, 0.25) is 0 Å². The number of carbonyl (C=O) groups is 3. The van der Waals surface area contributed by atoms with Gasteiger partial charge in [-0.15, -0.1) is 12.3 Å². The fourth-order valence-corrected chi connectivity index (χ4v) is 1.87. The maximum absolute atomic E-state index is 12.1. The Morgan fingerprint density at radius 3 is 2.41 bits per heavy atom. The van der Waals surface area contributed by atoms with Crippen molar-refractivity contribution >= 4 is 17.8 Å². The summed E-state index contributed by atoms with van der Waals surface area (Å²) >= 11 is 0. The molecule has 5 nitrogen and oxygen atoms in total. The Kier molecular flexibility index (Phi) is 3.89. The lowest BCUT2D eigenvalue weighted by atomic mass is 9.91. The van der Waals surface area contributed by atoms with Crippen LogP contribution in [-0.4, -0.2) is 28.8 Å². The third kappa shape index (κ3) is 2.47. The van der Waals surface area contributed by atoms with E-state index in [1.807, 2.05) is 0 Å². The van der Waals surface area contributed by atoms with Crippen LogP contribution in [0, 0.1) is 24.2 Å². The Morgan fingerprint density at radius 1 is 1.35 bits per heavy atom. The van der Waals surface area contributed by atoms with Crippen molar-refractivity contribution in [1.82, 2.24) is 10.2 Å². The molecule has 0 aromatic heterocycles. The molecule has 0 bridgehead atoms. The molecular weight excluding hydrogens is 220 g/mol. The second kappa shape index (κ2) is 5.00. The number of hydrogen-bond acceptors (Lipinski definition) is 3. The molecule has 0 aromatic carbocycles. The zero-order valence-electron chi connectivity index (χ0n) is 10.2. The zero-order chi connectivity index (χ0) is 13.2. The number of nitrogens with zero attached hydrogens (tertiary/aromatic N) is 1. The highest BCUT2D eigenvalue weighted by atomic mass is 16.2. The van der Waals surface area contributed by atoms with Gasteiger partial charge in [0.1, 0.15) is 5.92 Å². The number of terminal acetylenes is 1. The Balaban J connectivity index is 2.99. The molecule has 2 atom stereocenters. The molecule has 17 heavy (non-hydrogen) atoms. The normalized spacial score (nSPS) is 22.4. The number of nitrogens with one attached hydrogen (secondary N) is 1. The van der Waals surface area contributed by atoms with Gasteiger partial charge in [0.05, 0.1) is 0 Å². The van der Waals surface area contributed by atoms with Crippen molar-refractivity contribution in [3.05, 3.63) is 0 Å². The third-order valence-corrected chi connectivity index (χ3v) is 2.76. The first-order chi connectivity index (χ1) is 7.90. The number of imide groups is 2. The van der Waals surface area contributed by atoms with Gasteiger partial charge in [-0.25, -0.2) is 4.79 Å². The number of carbonyl (C=O) groups excluding carboxylic acids is 3. The van der Waals surface area contributed by atoms with Gasteiger partial charge in [-0.05, 0) is 12.8 Å². The summed E-state index contributed by atoms with van der Waals surface area (Å²) in [4.78, 5) is 36.3. The number of urea groups is 1. The Bertz CT molecular complexity index is 395. The molecule has 1 aliphatic heterocycles. The number of rotatable bonds is 3. The summed E-state index contributed by atoms with van der Waals surface area (Å²) in [6, 6.07) is -1.08. The van der Waals surface area contributed by atoms with E-state index >= 15 is 0 Å². The molecule has 2 unspecified atom stereocenters. The molecule has 0 radical (unpaired) electrons. The van der Waals surface area contributed by atoms with Crippen molar-refractivity contribution < 1.29 is 14.4 Å². The van der Waals surface area contributed by atoms with Crippen LogP contribution in [0.15, 0.2) is 0 Å². The van der Waals surface area contributed by atoms with E-state index in [1.54, 1.807) is 20.8 Å². The van der Waals surface area contributed by atoms with Crippen LogP contribution in [-0.2, 0) is 9.59 Å². The predicted molar refractivity (Wildman–Crippen MR) is 61.6 cm³/mol. The van der Waals surface area contributed by atoms with Gasteiger partial charge in [0.25, 0.3) is 0 Å². The monoisotopic (exact) mass is 236 g/mol. The predicted octanol–water partition coefficient (Wildman–Crippen LogP) is 0.749. The minimum Gasteiger partial charge on any atom is -0.277 e. The summed E-state index contributed by atoms with van der Waals surface area (Å²) in [5, 5.41) is 2.19. The molecule has 0 spiro atoms. The largest absolute Gasteiger partial charge is 0.331 e. The van der Waals surface area contributed by atoms with Gasteiger partial charge >= 0.3 is 6.03 Å². The molecular formula is C12H16N2O3. The molecule has 1 aliphatic rings. The van der Waals surface area contributed by atoms with Gasteiger partial charge in [0.2, 0.25) is 11.8 Å². The summed E-state index contributed by atoms with van der Waals surface area (Å²) in [5.41, 5.74) is 0. The molecule has 1 fully saturated rings. The lowest BCUT2D eigenvalue weighted by molar-refractivity contribution is -0.145. The molecule has 1 N–H and O–H groups in total. The lowest BCUT2D eigenvalue weighted by Gasteiger charge is -2.34. The standard InChI is InChI=1S/C12H16N2O3/c1-5-6-8(4)14-11(16)9(7(2)3)10(15)13-12(14)17/h1,7-9H,6H2,2-4H3,(H,13,15,17). The summed E-state index contributed by atoms with van der Waals surface area (Å²) in [5.74, 6) is 0.444. The van der Waals surface area contributed by atoms with E-state index in [0.29, 0.717) is 0 Å². The minimum absolute atomic E-state index is 0.156. The molecule has 0 aliphatic carbocycles. The van der Waals surface area contributed by atoms with Crippen LogP contribution < -0.4 is 5.32 Å². The molecule has 1 saturated heterocycles. The van der Waals surface area contributed by atoms with Gasteiger partial charge in [-0.1, -0.05) is 13.8 Å². The lowest BCUT2D eigenvalue weighted by Crippen LogP contribution is -2.61. The van der Waals surface area contributed by atoms with Crippen LogP contribution >= 0.6 is 0 Å². The summed E-state index contributed by atoms with van der Waals surface area (Å²) in [6.07, 6.45) is 5.44. The Labute approximate surface area is 101 Å². The van der Waals surface area contributed by atoms with E-state index in [4.69, 9.17) is 6.42 Å². The van der Waals surface area contributed by atoms with E-state index in [9.17, 15) is 14.4 Å². The zero-order valence-corrected chi connectivity index (χ0v) is 10.2. The van der Waals surface area contributed by atoms with Crippen LogP contribution in [0.3, 0.4) is 0 Å². The second-order valence-electron chi connectivity index (χ2n) is 4.48. The fraction of sp³-hybridized carbons (Fsp3) is 0.583. The first-order valence-corrected chi connectivity index (χ1v) is 5.51. The average Bonchev–Trinajstić information content (AvgIpc) is 2.15. The highest BCUT2D eigenvalue weighted by Gasteiger charge is 2.43. The van der Waals surface area contributed by atoms with E-state index < -0.39 is 29.8 Å². The number of hydrogen-bond donors (Lipinski definition) is 1. The average molecular weight is 236 g/mol. The van der Waals surface area contributed by atoms with Crippen molar-refractivity contribution in [3.8, 4) is 12.3 Å². The molecule has 92 valence electrons. The molecule has 0 aromatic rings. The molecule has 0 saturated carbocycles. The first kappa shape index (κ1) is 13.2. The van der Waals surface area contributed by atoms with Crippen molar-refractivity contribution in [2.75, 3.05) is 0 Å². The van der Waals surface area contributed by atoms with Crippen molar-refractivity contribution in [1.29, 1.82) is 0 Å². The van der Waals surface area contributed by atoms with E-state index in [0.717, 1.165) is 4.90 Å². The Hall–Kier alpha value is -1.83. The first-order valence-electron chi connectivity index (χ1n) is 5.51. The van der Waals surface area contributed by atoms with Crippen LogP contribution in [0.25, 0.3) is 0 Å². The fourth-order valence-electron chi connectivity index (χ4n) is 1.87. The molecule has 5 heteroatoms. The second-order valence-corrected chi connectivity index (χ2v) is 4.48. The molecule has 1 rings (SSSR count). The van der Waals surface area contributed by atoms with Crippen molar-refractivity contribution in [3.63, 3.8) is 0 Å². The van der Waals surface area contributed by atoms with E-state index in [2.05, 4.69) is 11.2 Å². The van der Waals surface area contributed by atoms with Crippen molar-refractivity contribution in [2.45, 2.75) is 33.2 Å². The molecule has 4 amide bonds. The van der Waals surface area contributed by atoms with E-state index in [-0.39, 0.29) is 12.3 Å². The van der Waals surface area contributed by atoms with Crippen LogP contribution in [0.1, 0.15) is 27.2 Å². The van der Waals surface area contributed by atoms with Crippen LogP contribution in [0.4, 0.5) is 4.79 Å². The molecule has 1 heterocycles. The van der Waals surface area contributed by atoms with Crippen molar-refractivity contribution in [2.24, 2.45) is 11.8 Å². The SMILES string of the molecule is C#CCC(C)N1C(=O)NC(=O)C(C(C)C)C1=O. The van der Waals surface area contributed by atoms with E-state index in [1.165, 1.54) is 0 Å². The smallest absolute Gasteiger partial charge is 0.277 e. The third-order valence-electron chi connectivity index (χ3n) is 2.76. The quantitative estimate of drug-likeness (QED) is 0.581. The Morgan fingerprint density at radius 2 is 1.94 bits per heavy atom. The van der Waals surface area contributed by atoms with Gasteiger partial charge in [0.15, 0.2) is 0 Å². The summed E-state index contributed by atoms with van der Waals surface area (Å²) in [7, 11) is 0. The van der Waals surface area contributed by atoms with Gasteiger partial charge in [-0.2, -0.15) is 0 Å². The maximum atomic E-state index is 12.1. The van der Waals surface area contributed by atoms with Crippen LogP contribution in [0.5, 0.6) is 0 Å². The van der Waals surface area contributed by atoms with Gasteiger partial charge in [-0.3, -0.25) is 19.8 Å². The minimum atomic E-state index is -0.812. The highest BCUT2D eigenvalue weighted by molar-refractivity contribution is 6.16.